The van der Waals surface area contributed by atoms with Gasteiger partial charge >= 0.3 is 12.1 Å². The van der Waals surface area contributed by atoms with Gasteiger partial charge in [0, 0.05) is 17.9 Å². The van der Waals surface area contributed by atoms with Gasteiger partial charge in [0.2, 0.25) is 5.91 Å². The van der Waals surface area contributed by atoms with Crippen LogP contribution in [0.1, 0.15) is 59.8 Å². The van der Waals surface area contributed by atoms with Gasteiger partial charge in [-0.3, -0.25) is 4.79 Å². The first-order chi connectivity index (χ1) is 13.9. The summed E-state index contributed by atoms with van der Waals surface area (Å²) in [6.07, 6.45) is 5.06. The van der Waals surface area contributed by atoms with Crippen molar-refractivity contribution in [3.05, 3.63) is 35.5 Å². The molecule has 2 atom stereocenters. The Morgan fingerprint density at radius 3 is 2.33 bits per heavy atom. The molecule has 0 aliphatic rings. The van der Waals surface area contributed by atoms with Gasteiger partial charge in [0.15, 0.2) is 0 Å². The molecule has 172 valence electrons. The summed E-state index contributed by atoms with van der Waals surface area (Å²) in [5.74, 6) is -1.02. The average Bonchev–Trinajstić information content (AvgIpc) is 2.61. The number of carboxylic acids is 1. The van der Waals surface area contributed by atoms with Crippen molar-refractivity contribution in [1.29, 1.82) is 0 Å². The van der Waals surface area contributed by atoms with Crippen LogP contribution < -0.4 is 5.32 Å². The Labute approximate surface area is 182 Å². The van der Waals surface area contributed by atoms with Gasteiger partial charge in [-0.1, -0.05) is 30.2 Å². The van der Waals surface area contributed by atoms with Gasteiger partial charge in [-0.15, -0.1) is 0 Å². The van der Waals surface area contributed by atoms with Gasteiger partial charge in [0.1, 0.15) is 6.04 Å². The Morgan fingerprint density at radius 1 is 1.10 bits per heavy atom. The number of halogens is 3. The van der Waals surface area contributed by atoms with E-state index in [0.29, 0.717) is 12.0 Å². The van der Waals surface area contributed by atoms with Crippen molar-refractivity contribution in [3.8, 4) is 0 Å². The van der Waals surface area contributed by atoms with Crippen LogP contribution in [0.5, 0.6) is 0 Å². The second-order valence-corrected chi connectivity index (χ2v) is 8.84. The van der Waals surface area contributed by atoms with Crippen molar-refractivity contribution in [2.45, 2.75) is 72.0 Å². The molecular weight excluding hydrogens is 415 g/mol. The number of carbonyl (C=O) groups excluding carboxylic acids is 1. The van der Waals surface area contributed by atoms with Crippen molar-refractivity contribution in [1.82, 2.24) is 5.32 Å². The molecule has 2 N–H and O–H groups in total. The summed E-state index contributed by atoms with van der Waals surface area (Å²) in [6, 6.07) is -1.22. The van der Waals surface area contributed by atoms with Crippen LogP contribution in [0.4, 0.5) is 13.2 Å². The lowest BCUT2D eigenvalue weighted by atomic mass is 10.0. The van der Waals surface area contributed by atoms with Crippen LogP contribution in [0.25, 0.3) is 0 Å². The van der Waals surface area contributed by atoms with Gasteiger partial charge in [-0.05, 0) is 64.5 Å². The van der Waals surface area contributed by atoms with Crippen molar-refractivity contribution < 1.29 is 27.9 Å². The van der Waals surface area contributed by atoms with Crippen LogP contribution in [0.2, 0.25) is 0 Å². The minimum absolute atomic E-state index is 0.108. The lowest BCUT2D eigenvalue weighted by Gasteiger charge is -2.14. The molecule has 0 saturated carbocycles. The topological polar surface area (TPSA) is 66.4 Å². The van der Waals surface area contributed by atoms with E-state index in [1.54, 1.807) is 0 Å². The molecule has 0 heterocycles. The fourth-order valence-corrected chi connectivity index (χ4v) is 3.70. The molecule has 8 heteroatoms. The normalized spacial score (nSPS) is 14.4. The Kier molecular flexibility index (Phi) is 14.3. The molecule has 0 radical (unpaired) electrons. The number of thioether (sulfide) groups is 1. The zero-order valence-electron chi connectivity index (χ0n) is 18.2. The molecule has 0 aromatic carbocycles. The first-order valence-corrected chi connectivity index (χ1v) is 11.2. The van der Waals surface area contributed by atoms with Crippen LogP contribution >= 0.6 is 11.8 Å². The number of hydrogen-bond acceptors (Lipinski definition) is 3. The molecule has 2 unspecified atom stereocenters. The first-order valence-electron chi connectivity index (χ1n) is 10.1. The summed E-state index contributed by atoms with van der Waals surface area (Å²) in [4.78, 5) is 22.6. The largest absolute Gasteiger partial charge is 0.480 e. The van der Waals surface area contributed by atoms with Crippen LogP contribution in [0.3, 0.4) is 0 Å². The Balaban J connectivity index is 4.16. The van der Waals surface area contributed by atoms with E-state index in [2.05, 4.69) is 45.2 Å². The number of rotatable bonds is 14. The summed E-state index contributed by atoms with van der Waals surface area (Å²) in [5, 5.41) is 11.2. The zero-order chi connectivity index (χ0) is 23.2. The van der Waals surface area contributed by atoms with Crippen LogP contribution in [0.15, 0.2) is 35.5 Å². The zero-order valence-corrected chi connectivity index (χ0v) is 19.0. The summed E-state index contributed by atoms with van der Waals surface area (Å²) in [6.45, 7) is 8.47. The number of allylic oxidation sites excluding steroid dienone is 5. The number of carboxylic acid groups (broad SMARTS) is 1. The van der Waals surface area contributed by atoms with Crippen LogP contribution in [-0.2, 0) is 9.59 Å². The predicted molar refractivity (Wildman–Crippen MR) is 118 cm³/mol. The highest BCUT2D eigenvalue weighted by molar-refractivity contribution is 7.99. The Bertz CT molecular complexity index is 624. The van der Waals surface area contributed by atoms with E-state index in [1.807, 2.05) is 0 Å². The van der Waals surface area contributed by atoms with Crippen molar-refractivity contribution in [3.63, 3.8) is 0 Å². The van der Waals surface area contributed by atoms with Gasteiger partial charge in [0.25, 0.3) is 0 Å². The molecular formula is C22H34F3NO3S. The molecule has 0 aromatic heterocycles. The first kappa shape index (κ1) is 28.3. The van der Waals surface area contributed by atoms with E-state index >= 15 is 0 Å². The van der Waals surface area contributed by atoms with E-state index in [4.69, 9.17) is 5.11 Å². The number of carbonyl (C=O) groups is 2. The van der Waals surface area contributed by atoms with Gasteiger partial charge in [0.05, 0.1) is 0 Å². The maximum atomic E-state index is 12.1. The minimum atomic E-state index is -4.61. The van der Waals surface area contributed by atoms with E-state index in [1.165, 1.54) is 22.9 Å². The highest BCUT2D eigenvalue weighted by Crippen LogP contribution is 2.18. The Hall–Kier alpha value is -1.70. The second kappa shape index (κ2) is 15.2. The summed E-state index contributed by atoms with van der Waals surface area (Å²) in [7, 11) is 0. The number of hydrogen-bond donors (Lipinski definition) is 2. The molecule has 0 saturated heterocycles. The van der Waals surface area contributed by atoms with Crippen LogP contribution in [0, 0.1) is 5.92 Å². The lowest BCUT2D eigenvalue weighted by molar-refractivity contribution is -0.140. The molecule has 30 heavy (non-hydrogen) atoms. The van der Waals surface area contributed by atoms with E-state index in [9.17, 15) is 22.8 Å². The number of nitrogens with one attached hydrogen (secondary N) is 1. The molecule has 0 aliphatic carbocycles. The molecule has 0 aromatic rings. The SMILES string of the molecule is CC(C)=CCCC(C)=CCCC(C)CCSCC(NC(=O)C=CC(F)(F)F)C(=O)O. The van der Waals surface area contributed by atoms with Gasteiger partial charge in [-0.25, -0.2) is 4.79 Å². The van der Waals surface area contributed by atoms with Crippen LogP contribution in [-0.4, -0.2) is 40.7 Å². The average molecular weight is 450 g/mol. The molecule has 0 bridgehead atoms. The molecule has 0 spiro atoms. The van der Waals surface area contributed by atoms with Crippen molar-refractivity contribution in [2.24, 2.45) is 5.92 Å². The van der Waals surface area contributed by atoms with E-state index < -0.39 is 24.1 Å². The van der Waals surface area contributed by atoms with Gasteiger partial charge in [-0.2, -0.15) is 24.9 Å². The molecule has 0 aliphatic heterocycles. The van der Waals surface area contributed by atoms with Crippen molar-refractivity contribution in [2.75, 3.05) is 11.5 Å². The lowest BCUT2D eigenvalue weighted by Crippen LogP contribution is -2.42. The molecule has 0 rings (SSSR count). The monoisotopic (exact) mass is 449 g/mol. The quantitative estimate of drug-likeness (QED) is 0.197. The fraction of sp³-hybridized carbons (Fsp3) is 0.636. The maximum Gasteiger partial charge on any atom is 0.409 e. The third kappa shape index (κ3) is 17.2. The molecule has 0 fully saturated rings. The molecule has 4 nitrogen and oxygen atoms in total. The van der Waals surface area contributed by atoms with Crippen molar-refractivity contribution >= 4 is 23.6 Å². The smallest absolute Gasteiger partial charge is 0.409 e. The number of amides is 1. The highest BCUT2D eigenvalue weighted by Gasteiger charge is 2.24. The molecule has 1 amide bonds. The standard InChI is InChI=1S/C22H34F3NO3S/c1-16(2)7-5-8-17(3)9-6-10-18(4)12-14-30-15-19(21(28)29)26-20(27)11-13-22(23,24)25/h7,9,11,13,18-19H,5-6,8,10,12,14-15H2,1-4H3,(H,26,27)(H,28,29). The summed E-state index contributed by atoms with van der Waals surface area (Å²) >= 11 is 1.37. The summed E-state index contributed by atoms with van der Waals surface area (Å²) in [5.41, 5.74) is 2.71. The van der Waals surface area contributed by atoms with E-state index in [-0.39, 0.29) is 11.8 Å². The third-order valence-electron chi connectivity index (χ3n) is 4.32. The van der Waals surface area contributed by atoms with Gasteiger partial charge < -0.3 is 10.4 Å². The number of aliphatic carboxylic acids is 1. The highest BCUT2D eigenvalue weighted by atomic mass is 32.2. The third-order valence-corrected chi connectivity index (χ3v) is 5.41. The van der Waals surface area contributed by atoms with E-state index in [0.717, 1.165) is 37.9 Å². The number of alkyl halides is 3. The maximum absolute atomic E-state index is 12.1. The predicted octanol–water partition coefficient (Wildman–Crippen LogP) is 5.91. The Morgan fingerprint density at radius 2 is 1.77 bits per heavy atom. The fourth-order valence-electron chi connectivity index (χ4n) is 2.50. The minimum Gasteiger partial charge on any atom is -0.480 e. The summed E-state index contributed by atoms with van der Waals surface area (Å²) < 4.78 is 36.2. The second-order valence-electron chi connectivity index (χ2n) is 7.69.